The summed E-state index contributed by atoms with van der Waals surface area (Å²) in [5, 5.41) is 3.09. The minimum absolute atomic E-state index is 0.0838. The van der Waals surface area contributed by atoms with Crippen LogP contribution in [0.4, 0.5) is 5.95 Å². The van der Waals surface area contributed by atoms with Crippen LogP contribution < -0.4 is 10.2 Å². The Balaban J connectivity index is 1.33. The number of nitrogens with zero attached hydrogens (tertiary/aromatic N) is 5. The summed E-state index contributed by atoms with van der Waals surface area (Å²) in [6.45, 7) is 12.6. The van der Waals surface area contributed by atoms with Crippen LogP contribution in [0.25, 0.3) is 0 Å². The third-order valence-corrected chi connectivity index (χ3v) is 5.88. The van der Waals surface area contributed by atoms with Crippen LogP contribution in [0.3, 0.4) is 0 Å². The molecule has 0 aromatic carbocycles. The number of hydrogen-bond acceptors (Lipinski definition) is 6. The number of carbonyl (C=O) groups is 2. The molecule has 0 aliphatic carbocycles. The lowest BCUT2D eigenvalue weighted by molar-refractivity contribution is -0.142. The first-order valence-electron chi connectivity index (χ1n) is 11.2. The molecule has 2 fully saturated rings. The van der Waals surface area contributed by atoms with Gasteiger partial charge in [0, 0.05) is 63.6 Å². The first-order valence-corrected chi connectivity index (χ1v) is 11.2. The highest BCUT2D eigenvalue weighted by atomic mass is 16.2. The van der Waals surface area contributed by atoms with Crippen LogP contribution in [0.5, 0.6) is 0 Å². The fraction of sp³-hybridized carbons (Fsp3) is 0.727. The van der Waals surface area contributed by atoms with Gasteiger partial charge in [-0.25, -0.2) is 9.97 Å². The third-order valence-electron chi connectivity index (χ3n) is 5.88. The summed E-state index contributed by atoms with van der Waals surface area (Å²) in [7, 11) is 0. The highest BCUT2D eigenvalue weighted by molar-refractivity contribution is 5.83. The van der Waals surface area contributed by atoms with Crippen LogP contribution in [-0.2, 0) is 9.59 Å². The molecule has 1 unspecified atom stereocenters. The number of anilines is 1. The van der Waals surface area contributed by atoms with Crippen LogP contribution in [0, 0.1) is 11.3 Å². The largest absolute Gasteiger partial charge is 0.356 e. The van der Waals surface area contributed by atoms with Gasteiger partial charge in [0.25, 0.3) is 0 Å². The standard InChI is InChI=1S/C22H36N6O2/c1-22(2,3)20(30)28-12-4-7-18(17-28)19(29)23-10-6-11-26-13-15-27(16-14-26)21-24-8-5-9-25-21/h5,8-9,18H,4,6-7,10-17H2,1-3H3,(H,23,29). The average Bonchev–Trinajstić information content (AvgIpc) is 2.76. The minimum atomic E-state index is -0.394. The van der Waals surface area contributed by atoms with Crippen molar-refractivity contribution in [2.75, 3.05) is 57.3 Å². The molecule has 0 radical (unpaired) electrons. The number of likely N-dealkylation sites (tertiary alicyclic amines) is 1. The molecule has 1 aromatic rings. The van der Waals surface area contributed by atoms with Crippen molar-refractivity contribution in [1.82, 2.24) is 25.1 Å². The number of rotatable bonds is 6. The molecule has 2 aliphatic rings. The summed E-state index contributed by atoms with van der Waals surface area (Å²) >= 11 is 0. The monoisotopic (exact) mass is 416 g/mol. The van der Waals surface area contributed by atoms with Crippen molar-refractivity contribution in [3.63, 3.8) is 0 Å². The van der Waals surface area contributed by atoms with Crippen molar-refractivity contribution in [3.05, 3.63) is 18.5 Å². The van der Waals surface area contributed by atoms with Crippen molar-refractivity contribution >= 4 is 17.8 Å². The smallest absolute Gasteiger partial charge is 0.227 e. The number of amides is 2. The van der Waals surface area contributed by atoms with Gasteiger partial charge in [-0.15, -0.1) is 0 Å². The lowest BCUT2D eigenvalue weighted by atomic mass is 9.91. The van der Waals surface area contributed by atoms with Gasteiger partial charge in [0.05, 0.1) is 5.92 Å². The first kappa shape index (κ1) is 22.5. The molecule has 1 N–H and O–H groups in total. The zero-order valence-corrected chi connectivity index (χ0v) is 18.6. The van der Waals surface area contributed by atoms with E-state index in [0.29, 0.717) is 13.1 Å². The summed E-state index contributed by atoms with van der Waals surface area (Å²) in [4.78, 5) is 40.2. The molecule has 8 nitrogen and oxygen atoms in total. The second kappa shape index (κ2) is 10.2. The van der Waals surface area contributed by atoms with Crippen molar-refractivity contribution in [1.29, 1.82) is 0 Å². The van der Waals surface area contributed by atoms with Crippen molar-refractivity contribution in [2.45, 2.75) is 40.0 Å². The fourth-order valence-corrected chi connectivity index (χ4v) is 4.13. The number of aromatic nitrogens is 2. The van der Waals surface area contributed by atoms with Gasteiger partial charge in [-0.1, -0.05) is 20.8 Å². The van der Waals surface area contributed by atoms with E-state index in [4.69, 9.17) is 0 Å². The van der Waals surface area contributed by atoms with Crippen LogP contribution >= 0.6 is 0 Å². The molecule has 2 aliphatic heterocycles. The number of hydrogen-bond donors (Lipinski definition) is 1. The molecular formula is C22H36N6O2. The van der Waals surface area contributed by atoms with E-state index in [-0.39, 0.29) is 17.7 Å². The summed E-state index contributed by atoms with van der Waals surface area (Å²) < 4.78 is 0. The molecule has 1 atom stereocenters. The van der Waals surface area contributed by atoms with Gasteiger partial charge in [0.15, 0.2) is 0 Å². The van der Waals surface area contributed by atoms with Gasteiger partial charge >= 0.3 is 0 Å². The topological polar surface area (TPSA) is 81.7 Å². The molecule has 0 bridgehead atoms. The van der Waals surface area contributed by atoms with Gasteiger partial charge in [0.1, 0.15) is 0 Å². The van der Waals surface area contributed by atoms with E-state index in [2.05, 4.69) is 25.1 Å². The highest BCUT2D eigenvalue weighted by Crippen LogP contribution is 2.23. The molecular weight excluding hydrogens is 380 g/mol. The summed E-state index contributed by atoms with van der Waals surface area (Å²) in [6, 6.07) is 1.83. The summed E-state index contributed by atoms with van der Waals surface area (Å²) in [6.07, 6.45) is 6.26. The van der Waals surface area contributed by atoms with Crippen LogP contribution in [0.1, 0.15) is 40.0 Å². The van der Waals surface area contributed by atoms with E-state index >= 15 is 0 Å². The van der Waals surface area contributed by atoms with Crippen molar-refractivity contribution < 1.29 is 9.59 Å². The van der Waals surface area contributed by atoms with E-state index in [1.165, 1.54) is 0 Å². The molecule has 1 aromatic heterocycles. The molecule has 0 spiro atoms. The lowest BCUT2D eigenvalue weighted by Gasteiger charge is -2.36. The normalized spacial score (nSPS) is 20.8. The van der Waals surface area contributed by atoms with Gasteiger partial charge in [-0.3, -0.25) is 14.5 Å². The zero-order chi connectivity index (χ0) is 21.6. The van der Waals surface area contributed by atoms with Crippen LogP contribution in [0.2, 0.25) is 0 Å². The molecule has 0 saturated carbocycles. The number of piperidine rings is 1. The minimum Gasteiger partial charge on any atom is -0.356 e. The van der Waals surface area contributed by atoms with E-state index in [9.17, 15) is 9.59 Å². The maximum atomic E-state index is 12.6. The highest BCUT2D eigenvalue weighted by Gasteiger charge is 2.33. The van der Waals surface area contributed by atoms with E-state index < -0.39 is 5.41 Å². The molecule has 2 amide bonds. The van der Waals surface area contributed by atoms with Gasteiger partial charge in [0.2, 0.25) is 17.8 Å². The maximum Gasteiger partial charge on any atom is 0.227 e. The lowest BCUT2D eigenvalue weighted by Crippen LogP contribution is -2.49. The number of carbonyl (C=O) groups excluding carboxylic acids is 2. The zero-order valence-electron chi connectivity index (χ0n) is 18.6. The Kier molecular flexibility index (Phi) is 7.64. The predicted molar refractivity (Wildman–Crippen MR) is 117 cm³/mol. The predicted octanol–water partition coefficient (Wildman–Crippen LogP) is 1.39. The fourth-order valence-electron chi connectivity index (χ4n) is 4.13. The average molecular weight is 417 g/mol. The SMILES string of the molecule is CC(C)(C)C(=O)N1CCCC(C(=O)NCCCN2CCN(c3ncccn3)CC2)C1. The third kappa shape index (κ3) is 6.14. The van der Waals surface area contributed by atoms with E-state index in [0.717, 1.165) is 64.5 Å². The second-order valence-corrected chi connectivity index (χ2v) is 9.36. The molecule has 3 heterocycles. The van der Waals surface area contributed by atoms with Crippen molar-refractivity contribution in [2.24, 2.45) is 11.3 Å². The Labute approximate surface area is 180 Å². The van der Waals surface area contributed by atoms with Crippen LogP contribution in [0.15, 0.2) is 18.5 Å². The Bertz CT molecular complexity index is 697. The maximum absolute atomic E-state index is 12.6. The summed E-state index contributed by atoms with van der Waals surface area (Å²) in [5.41, 5.74) is -0.394. The number of piperazine rings is 1. The van der Waals surface area contributed by atoms with Gasteiger partial charge < -0.3 is 15.1 Å². The molecule has 3 rings (SSSR count). The Morgan fingerprint density at radius 3 is 2.47 bits per heavy atom. The number of nitrogens with one attached hydrogen (secondary N) is 1. The molecule has 8 heteroatoms. The van der Waals surface area contributed by atoms with Gasteiger partial charge in [-0.2, -0.15) is 0 Å². The quantitative estimate of drug-likeness (QED) is 0.706. The first-order chi connectivity index (χ1) is 14.3. The molecule has 30 heavy (non-hydrogen) atoms. The Morgan fingerprint density at radius 1 is 1.10 bits per heavy atom. The second-order valence-electron chi connectivity index (χ2n) is 9.36. The van der Waals surface area contributed by atoms with Gasteiger partial charge in [-0.05, 0) is 31.9 Å². The van der Waals surface area contributed by atoms with E-state index in [1.807, 2.05) is 31.7 Å². The van der Waals surface area contributed by atoms with Crippen molar-refractivity contribution in [3.8, 4) is 0 Å². The van der Waals surface area contributed by atoms with E-state index in [1.54, 1.807) is 12.4 Å². The molecule has 166 valence electrons. The summed E-state index contributed by atoms with van der Waals surface area (Å²) in [5.74, 6) is 0.947. The molecule has 2 saturated heterocycles. The Morgan fingerprint density at radius 2 is 1.80 bits per heavy atom. The Hall–Kier alpha value is -2.22. The van der Waals surface area contributed by atoms with Crippen LogP contribution in [-0.4, -0.2) is 83.9 Å².